The van der Waals surface area contributed by atoms with E-state index in [1.54, 1.807) is 12.4 Å². The first kappa shape index (κ1) is 9.89. The largest absolute Gasteiger partial charge is 0.271 e. The summed E-state index contributed by atoms with van der Waals surface area (Å²) in [5.41, 5.74) is 5.01. The Bertz CT molecular complexity index is 269. The Kier molecular flexibility index (Phi) is 3.61. The van der Waals surface area contributed by atoms with Crippen molar-refractivity contribution in [3.05, 3.63) is 42.2 Å². The Labute approximate surface area is 78.6 Å². The minimum atomic E-state index is 0.139. The lowest BCUT2D eigenvalue weighted by molar-refractivity contribution is 0.550. The number of hydrazine groups is 1. The standard InChI is InChI=1S/C10H15N3/c1-8(2)7-10(13-11)9-3-5-12-6-4-9/h3-6,10,13H,1,7,11H2,2H3. The van der Waals surface area contributed by atoms with Gasteiger partial charge in [0, 0.05) is 18.4 Å². The highest BCUT2D eigenvalue weighted by Gasteiger charge is 2.08. The van der Waals surface area contributed by atoms with Gasteiger partial charge in [-0.3, -0.25) is 16.3 Å². The molecule has 0 fully saturated rings. The highest BCUT2D eigenvalue weighted by molar-refractivity contribution is 5.16. The van der Waals surface area contributed by atoms with Crippen molar-refractivity contribution >= 4 is 0 Å². The van der Waals surface area contributed by atoms with Crippen LogP contribution in [0, 0.1) is 0 Å². The molecule has 1 heterocycles. The zero-order valence-corrected chi connectivity index (χ0v) is 7.83. The lowest BCUT2D eigenvalue weighted by atomic mass is 10.0. The summed E-state index contributed by atoms with van der Waals surface area (Å²) in [7, 11) is 0. The van der Waals surface area contributed by atoms with Crippen LogP contribution in [-0.4, -0.2) is 4.98 Å². The lowest BCUT2D eigenvalue weighted by Gasteiger charge is -2.15. The van der Waals surface area contributed by atoms with Gasteiger partial charge in [-0.05, 0) is 31.0 Å². The smallest absolute Gasteiger partial charge is 0.0497 e. The van der Waals surface area contributed by atoms with Crippen molar-refractivity contribution in [2.75, 3.05) is 0 Å². The highest BCUT2D eigenvalue weighted by atomic mass is 15.2. The maximum atomic E-state index is 5.44. The molecule has 1 unspecified atom stereocenters. The topological polar surface area (TPSA) is 50.9 Å². The van der Waals surface area contributed by atoms with Crippen LogP contribution in [0.25, 0.3) is 0 Å². The van der Waals surface area contributed by atoms with Gasteiger partial charge in [-0.25, -0.2) is 0 Å². The maximum absolute atomic E-state index is 5.44. The Morgan fingerprint density at radius 3 is 2.69 bits per heavy atom. The summed E-state index contributed by atoms with van der Waals surface area (Å²) in [5.74, 6) is 5.44. The number of aromatic nitrogens is 1. The molecule has 70 valence electrons. The second kappa shape index (κ2) is 4.74. The molecule has 0 amide bonds. The number of nitrogens with zero attached hydrogens (tertiary/aromatic N) is 1. The monoisotopic (exact) mass is 177 g/mol. The third-order valence-corrected chi connectivity index (χ3v) is 1.86. The van der Waals surface area contributed by atoms with Crippen LogP contribution in [0.3, 0.4) is 0 Å². The van der Waals surface area contributed by atoms with Crippen LogP contribution >= 0.6 is 0 Å². The molecule has 1 rings (SSSR count). The van der Waals surface area contributed by atoms with Gasteiger partial charge in [0.1, 0.15) is 0 Å². The third-order valence-electron chi connectivity index (χ3n) is 1.86. The van der Waals surface area contributed by atoms with Crippen LogP contribution in [-0.2, 0) is 0 Å². The molecule has 1 atom stereocenters. The predicted octanol–water partition coefficient (Wildman–Crippen LogP) is 1.55. The van der Waals surface area contributed by atoms with Crippen LogP contribution in [0.5, 0.6) is 0 Å². The van der Waals surface area contributed by atoms with E-state index in [0.29, 0.717) is 0 Å². The van der Waals surface area contributed by atoms with Crippen molar-refractivity contribution in [3.8, 4) is 0 Å². The minimum Gasteiger partial charge on any atom is -0.271 e. The van der Waals surface area contributed by atoms with Crippen LogP contribution in [0.1, 0.15) is 24.9 Å². The molecule has 1 aromatic rings. The first-order valence-electron chi connectivity index (χ1n) is 4.24. The number of nitrogens with two attached hydrogens (primary N) is 1. The number of rotatable bonds is 4. The summed E-state index contributed by atoms with van der Waals surface area (Å²) >= 11 is 0. The third kappa shape index (κ3) is 2.97. The Morgan fingerprint density at radius 1 is 1.62 bits per heavy atom. The van der Waals surface area contributed by atoms with Gasteiger partial charge in [-0.2, -0.15) is 0 Å². The molecule has 0 aliphatic rings. The average Bonchev–Trinajstić information content (AvgIpc) is 2.15. The van der Waals surface area contributed by atoms with Crippen molar-refractivity contribution in [1.82, 2.24) is 10.4 Å². The second-order valence-corrected chi connectivity index (χ2v) is 3.16. The number of hydrogen-bond acceptors (Lipinski definition) is 3. The Balaban J connectivity index is 2.73. The van der Waals surface area contributed by atoms with Gasteiger partial charge in [0.05, 0.1) is 0 Å². The minimum absolute atomic E-state index is 0.139. The quantitative estimate of drug-likeness (QED) is 0.417. The van der Waals surface area contributed by atoms with Gasteiger partial charge in [0.25, 0.3) is 0 Å². The van der Waals surface area contributed by atoms with E-state index in [4.69, 9.17) is 5.84 Å². The lowest BCUT2D eigenvalue weighted by Crippen LogP contribution is -2.28. The molecule has 0 aromatic carbocycles. The van der Waals surface area contributed by atoms with E-state index >= 15 is 0 Å². The molecule has 13 heavy (non-hydrogen) atoms. The molecule has 0 aliphatic heterocycles. The van der Waals surface area contributed by atoms with Crippen LogP contribution < -0.4 is 11.3 Å². The first-order chi connectivity index (χ1) is 6.24. The predicted molar refractivity (Wildman–Crippen MR) is 53.7 cm³/mol. The van der Waals surface area contributed by atoms with Crippen molar-refractivity contribution in [1.29, 1.82) is 0 Å². The first-order valence-corrected chi connectivity index (χ1v) is 4.24. The second-order valence-electron chi connectivity index (χ2n) is 3.16. The average molecular weight is 177 g/mol. The number of pyridine rings is 1. The molecule has 1 aromatic heterocycles. The molecule has 3 nitrogen and oxygen atoms in total. The molecular formula is C10H15N3. The van der Waals surface area contributed by atoms with E-state index in [9.17, 15) is 0 Å². The Hall–Kier alpha value is -1.19. The molecular weight excluding hydrogens is 162 g/mol. The van der Waals surface area contributed by atoms with E-state index in [1.165, 1.54) is 0 Å². The fourth-order valence-corrected chi connectivity index (χ4v) is 1.22. The maximum Gasteiger partial charge on any atom is 0.0497 e. The van der Waals surface area contributed by atoms with Gasteiger partial charge in [-0.1, -0.05) is 5.57 Å². The van der Waals surface area contributed by atoms with Crippen LogP contribution in [0.15, 0.2) is 36.7 Å². The van der Waals surface area contributed by atoms with Gasteiger partial charge < -0.3 is 0 Å². The van der Waals surface area contributed by atoms with E-state index in [-0.39, 0.29) is 6.04 Å². The van der Waals surface area contributed by atoms with Crippen molar-refractivity contribution in [3.63, 3.8) is 0 Å². The number of hydrogen-bond donors (Lipinski definition) is 2. The molecule has 0 bridgehead atoms. The summed E-state index contributed by atoms with van der Waals surface area (Å²) in [6, 6.07) is 4.04. The molecule has 3 heteroatoms. The number of nitrogens with one attached hydrogen (secondary N) is 1. The van der Waals surface area contributed by atoms with E-state index in [2.05, 4.69) is 17.0 Å². The molecule has 0 spiro atoms. The van der Waals surface area contributed by atoms with Crippen molar-refractivity contribution < 1.29 is 0 Å². The fraction of sp³-hybridized carbons (Fsp3) is 0.300. The normalized spacial score (nSPS) is 12.5. The fourth-order valence-electron chi connectivity index (χ4n) is 1.22. The summed E-state index contributed by atoms with van der Waals surface area (Å²) in [6.45, 7) is 5.85. The van der Waals surface area contributed by atoms with Gasteiger partial charge in [-0.15, -0.1) is 6.58 Å². The highest BCUT2D eigenvalue weighted by Crippen LogP contribution is 2.17. The van der Waals surface area contributed by atoms with Gasteiger partial charge in [0.2, 0.25) is 0 Å². The molecule has 0 radical (unpaired) electrons. The van der Waals surface area contributed by atoms with E-state index in [1.807, 2.05) is 19.1 Å². The molecule has 0 saturated heterocycles. The van der Waals surface area contributed by atoms with Crippen LogP contribution in [0.2, 0.25) is 0 Å². The molecule has 3 N–H and O–H groups in total. The van der Waals surface area contributed by atoms with E-state index < -0.39 is 0 Å². The molecule has 0 saturated carbocycles. The zero-order chi connectivity index (χ0) is 9.68. The zero-order valence-electron chi connectivity index (χ0n) is 7.83. The van der Waals surface area contributed by atoms with Crippen molar-refractivity contribution in [2.45, 2.75) is 19.4 Å². The summed E-state index contributed by atoms with van der Waals surface area (Å²) in [4.78, 5) is 3.95. The Morgan fingerprint density at radius 2 is 2.23 bits per heavy atom. The summed E-state index contributed by atoms with van der Waals surface area (Å²) in [6.07, 6.45) is 4.37. The van der Waals surface area contributed by atoms with Crippen LogP contribution in [0.4, 0.5) is 0 Å². The summed E-state index contributed by atoms with van der Waals surface area (Å²) < 4.78 is 0. The van der Waals surface area contributed by atoms with Gasteiger partial charge in [0.15, 0.2) is 0 Å². The molecule has 0 aliphatic carbocycles. The van der Waals surface area contributed by atoms with Gasteiger partial charge >= 0.3 is 0 Å². The van der Waals surface area contributed by atoms with E-state index in [0.717, 1.165) is 17.6 Å². The summed E-state index contributed by atoms with van der Waals surface area (Å²) in [5, 5.41) is 0. The van der Waals surface area contributed by atoms with Crippen molar-refractivity contribution in [2.24, 2.45) is 5.84 Å². The SMILES string of the molecule is C=C(C)CC(NN)c1ccncc1.